The fraction of sp³-hybridized carbons (Fsp3) is 0.316. The summed E-state index contributed by atoms with van der Waals surface area (Å²) in [5, 5.41) is 6.29. The van der Waals surface area contributed by atoms with Gasteiger partial charge in [0.15, 0.2) is 0 Å². The molecule has 3 rings (SSSR count). The number of hydrogen-bond acceptors (Lipinski definition) is 5. The van der Waals surface area contributed by atoms with Gasteiger partial charge in [-0.3, -0.25) is 9.78 Å². The molecule has 0 unspecified atom stereocenters. The first-order chi connectivity index (χ1) is 13.5. The number of aromatic nitrogens is 3. The van der Waals surface area contributed by atoms with E-state index < -0.39 is 5.56 Å². The molecule has 0 aromatic carbocycles. The predicted molar refractivity (Wildman–Crippen MR) is 114 cm³/mol. The largest absolute Gasteiger partial charge is 0.359 e. The van der Waals surface area contributed by atoms with Gasteiger partial charge in [0.25, 0.3) is 5.56 Å². The van der Waals surface area contributed by atoms with Crippen LogP contribution in [0.4, 0.5) is 11.4 Å². The van der Waals surface area contributed by atoms with Crippen LogP contribution in [-0.4, -0.2) is 48.0 Å². The molecule has 0 aliphatic carbocycles. The SMILES string of the molecule is C=N/C(=N\C1=C(C)CN(c2cn[nH]c(=O)c2Cl)C1)N(C)c1cccnc1CC. The van der Waals surface area contributed by atoms with E-state index >= 15 is 0 Å². The zero-order valence-electron chi connectivity index (χ0n) is 16.1. The molecule has 28 heavy (non-hydrogen) atoms. The Morgan fingerprint density at radius 2 is 2.25 bits per heavy atom. The first-order valence-corrected chi connectivity index (χ1v) is 9.23. The molecule has 0 fully saturated rings. The molecule has 0 saturated carbocycles. The second-order valence-corrected chi connectivity index (χ2v) is 6.81. The molecule has 8 nitrogen and oxygen atoms in total. The maximum absolute atomic E-state index is 11.7. The molecule has 1 aliphatic rings. The fourth-order valence-corrected chi connectivity index (χ4v) is 3.31. The van der Waals surface area contributed by atoms with E-state index in [2.05, 4.69) is 33.8 Å². The van der Waals surface area contributed by atoms with Gasteiger partial charge in [0.1, 0.15) is 5.02 Å². The topological polar surface area (TPSA) is 89.8 Å². The average molecular weight is 400 g/mol. The van der Waals surface area contributed by atoms with Crippen LogP contribution in [0.1, 0.15) is 19.5 Å². The lowest BCUT2D eigenvalue weighted by Crippen LogP contribution is -2.27. The van der Waals surface area contributed by atoms with Crippen molar-refractivity contribution in [2.75, 3.05) is 29.9 Å². The molecule has 3 heterocycles. The number of H-pyrrole nitrogens is 1. The van der Waals surface area contributed by atoms with Crippen LogP contribution in [0.2, 0.25) is 5.02 Å². The van der Waals surface area contributed by atoms with Gasteiger partial charge in [-0.15, -0.1) is 0 Å². The summed E-state index contributed by atoms with van der Waals surface area (Å²) in [6, 6.07) is 3.87. The number of pyridine rings is 1. The normalized spacial score (nSPS) is 14.6. The van der Waals surface area contributed by atoms with Crippen LogP contribution >= 0.6 is 11.6 Å². The molecule has 0 radical (unpaired) electrons. The Hall–Kier alpha value is -3.00. The van der Waals surface area contributed by atoms with Gasteiger partial charge in [0.05, 0.1) is 35.5 Å². The summed E-state index contributed by atoms with van der Waals surface area (Å²) in [6.07, 6.45) is 4.12. The summed E-state index contributed by atoms with van der Waals surface area (Å²) in [4.78, 5) is 28.8. The van der Waals surface area contributed by atoms with Crippen LogP contribution in [0.15, 0.2) is 50.6 Å². The number of nitrogens with one attached hydrogen (secondary N) is 1. The second-order valence-electron chi connectivity index (χ2n) is 6.43. The van der Waals surface area contributed by atoms with E-state index in [0.29, 0.717) is 24.7 Å². The first-order valence-electron chi connectivity index (χ1n) is 8.86. The van der Waals surface area contributed by atoms with E-state index in [0.717, 1.165) is 29.1 Å². The standard InChI is InChI=1S/C19H22ClN7O/c1-5-13-15(7-6-8-22-13)26(4)19(21-3)24-14-11-27(10-12(14)2)16-9-23-25-18(28)17(16)20/h6-9H,3,5,10-11H2,1-2,4H3,(H,25,28)/b24-19+. The van der Waals surface area contributed by atoms with Gasteiger partial charge >= 0.3 is 0 Å². The van der Waals surface area contributed by atoms with Gasteiger partial charge in [-0.05, 0) is 37.8 Å². The third-order valence-corrected chi connectivity index (χ3v) is 4.98. The maximum atomic E-state index is 11.7. The van der Waals surface area contributed by atoms with Crippen molar-refractivity contribution in [3.8, 4) is 0 Å². The van der Waals surface area contributed by atoms with E-state index in [9.17, 15) is 4.79 Å². The Labute approximate surface area is 168 Å². The quantitative estimate of drug-likeness (QED) is 0.630. The molecular weight excluding hydrogens is 378 g/mol. The minimum absolute atomic E-state index is 0.121. The number of rotatable bonds is 4. The molecule has 0 saturated heterocycles. The number of aryl methyl sites for hydroxylation is 1. The zero-order valence-corrected chi connectivity index (χ0v) is 16.9. The Morgan fingerprint density at radius 1 is 1.46 bits per heavy atom. The number of guanidine groups is 1. The van der Waals surface area contributed by atoms with Crippen molar-refractivity contribution in [3.05, 3.63) is 56.9 Å². The van der Waals surface area contributed by atoms with Crippen molar-refractivity contribution >= 4 is 35.7 Å². The number of nitrogens with zero attached hydrogens (tertiary/aromatic N) is 6. The van der Waals surface area contributed by atoms with E-state index in [-0.39, 0.29) is 5.02 Å². The van der Waals surface area contributed by atoms with Crippen LogP contribution in [0.25, 0.3) is 0 Å². The zero-order chi connectivity index (χ0) is 20.3. The lowest BCUT2D eigenvalue weighted by molar-refractivity contribution is 0.922. The third-order valence-electron chi connectivity index (χ3n) is 4.62. The van der Waals surface area contributed by atoms with Gasteiger partial charge in [-0.25, -0.2) is 15.1 Å². The van der Waals surface area contributed by atoms with E-state index in [1.807, 2.05) is 35.9 Å². The smallest absolute Gasteiger partial charge is 0.285 e. The summed E-state index contributed by atoms with van der Waals surface area (Å²) < 4.78 is 0. The molecule has 146 valence electrons. The average Bonchev–Trinajstić information content (AvgIpc) is 3.07. The van der Waals surface area contributed by atoms with Crippen LogP contribution in [0, 0.1) is 0 Å². The van der Waals surface area contributed by atoms with Crippen molar-refractivity contribution < 1.29 is 0 Å². The summed E-state index contributed by atoms with van der Waals surface area (Å²) >= 11 is 6.14. The molecule has 2 aromatic rings. The Morgan fingerprint density at radius 3 is 2.96 bits per heavy atom. The lowest BCUT2D eigenvalue weighted by Gasteiger charge is -2.21. The van der Waals surface area contributed by atoms with Gasteiger partial charge in [-0.2, -0.15) is 5.10 Å². The number of anilines is 2. The van der Waals surface area contributed by atoms with Crippen molar-refractivity contribution in [3.63, 3.8) is 0 Å². The summed E-state index contributed by atoms with van der Waals surface area (Å²) in [7, 11) is 1.89. The van der Waals surface area contributed by atoms with Crippen LogP contribution in [0.3, 0.4) is 0 Å². The highest BCUT2D eigenvalue weighted by Gasteiger charge is 2.23. The highest BCUT2D eigenvalue weighted by molar-refractivity contribution is 6.33. The second kappa shape index (κ2) is 8.35. The van der Waals surface area contributed by atoms with Crippen LogP contribution in [-0.2, 0) is 6.42 Å². The Kier molecular flexibility index (Phi) is 5.89. The molecule has 0 atom stereocenters. The molecule has 0 amide bonds. The van der Waals surface area contributed by atoms with Gasteiger partial charge in [0, 0.05) is 19.8 Å². The fourth-order valence-electron chi connectivity index (χ4n) is 3.10. The molecule has 0 bridgehead atoms. The van der Waals surface area contributed by atoms with Gasteiger partial charge in [0.2, 0.25) is 5.96 Å². The molecule has 0 spiro atoms. The number of hydrogen-bond donors (Lipinski definition) is 1. The lowest BCUT2D eigenvalue weighted by atomic mass is 10.2. The first kappa shape index (κ1) is 19.8. The Balaban J connectivity index is 1.88. The molecular formula is C19H22ClN7O. The maximum Gasteiger partial charge on any atom is 0.285 e. The van der Waals surface area contributed by atoms with E-state index in [1.54, 1.807) is 12.4 Å². The van der Waals surface area contributed by atoms with E-state index in [1.165, 1.54) is 0 Å². The van der Waals surface area contributed by atoms with Crippen molar-refractivity contribution in [2.45, 2.75) is 20.3 Å². The predicted octanol–water partition coefficient (Wildman–Crippen LogP) is 2.67. The van der Waals surface area contributed by atoms with Crippen molar-refractivity contribution in [1.29, 1.82) is 0 Å². The molecule has 1 N–H and O–H groups in total. The summed E-state index contributed by atoms with van der Waals surface area (Å²) in [5.41, 5.74) is 3.98. The van der Waals surface area contributed by atoms with Crippen LogP contribution in [0.5, 0.6) is 0 Å². The number of aliphatic imine (C=N–C) groups is 2. The molecule has 2 aromatic heterocycles. The molecule has 1 aliphatic heterocycles. The minimum atomic E-state index is -0.411. The highest BCUT2D eigenvalue weighted by atomic mass is 35.5. The number of aromatic amines is 1. The monoisotopic (exact) mass is 399 g/mol. The summed E-state index contributed by atoms with van der Waals surface area (Å²) in [5.74, 6) is 0.481. The minimum Gasteiger partial charge on any atom is -0.359 e. The highest BCUT2D eigenvalue weighted by Crippen LogP contribution is 2.28. The molecule has 9 heteroatoms. The third kappa shape index (κ3) is 3.82. The van der Waals surface area contributed by atoms with Crippen molar-refractivity contribution in [1.82, 2.24) is 15.2 Å². The van der Waals surface area contributed by atoms with Crippen LogP contribution < -0.4 is 15.4 Å². The number of halogens is 1. The van der Waals surface area contributed by atoms with Gasteiger partial charge < -0.3 is 9.80 Å². The Bertz CT molecular complexity index is 1010. The van der Waals surface area contributed by atoms with Gasteiger partial charge in [-0.1, -0.05) is 18.5 Å². The van der Waals surface area contributed by atoms with E-state index in [4.69, 9.17) is 16.6 Å². The van der Waals surface area contributed by atoms with Crippen molar-refractivity contribution in [2.24, 2.45) is 9.98 Å². The summed E-state index contributed by atoms with van der Waals surface area (Å²) in [6.45, 7) is 8.83.